The second-order valence-corrected chi connectivity index (χ2v) is 7.44. The van der Waals surface area contributed by atoms with Crippen molar-refractivity contribution in [3.05, 3.63) is 58.1 Å². The normalized spacial score (nSPS) is 13.8. The number of aromatic nitrogens is 2. The first-order valence-corrected chi connectivity index (χ1v) is 10.2. The number of amides is 1. The number of nitrogens with one attached hydrogen (secondary N) is 1. The number of ether oxygens (including phenoxy) is 2. The number of anilines is 1. The minimum absolute atomic E-state index is 0.0265. The lowest BCUT2D eigenvalue weighted by molar-refractivity contribution is 0.102. The first kappa shape index (κ1) is 19.9. The molecule has 156 valence electrons. The largest absolute Gasteiger partial charge is 0.497 e. The van der Waals surface area contributed by atoms with Crippen LogP contribution >= 0.6 is 0 Å². The minimum Gasteiger partial charge on any atom is -0.497 e. The maximum atomic E-state index is 12.9. The number of rotatable bonds is 4. The molecule has 1 aliphatic rings. The molecule has 2 heterocycles. The van der Waals surface area contributed by atoms with E-state index >= 15 is 0 Å². The minimum atomic E-state index is -0.291. The number of benzene rings is 2. The van der Waals surface area contributed by atoms with Gasteiger partial charge >= 0.3 is 0 Å². The molecular weight excluding hydrogens is 382 g/mol. The van der Waals surface area contributed by atoms with Gasteiger partial charge in [-0.2, -0.15) is 0 Å². The van der Waals surface area contributed by atoms with Crippen LogP contribution in [0.15, 0.2) is 41.2 Å². The Bertz CT molecular complexity index is 1130. The van der Waals surface area contributed by atoms with Crippen molar-refractivity contribution < 1.29 is 14.3 Å². The van der Waals surface area contributed by atoms with Crippen LogP contribution in [0, 0.1) is 0 Å². The molecule has 0 spiro atoms. The third kappa shape index (κ3) is 4.01. The molecule has 0 saturated carbocycles. The van der Waals surface area contributed by atoms with E-state index in [-0.39, 0.29) is 11.5 Å². The molecule has 0 radical (unpaired) electrons. The van der Waals surface area contributed by atoms with Gasteiger partial charge in [0.05, 0.1) is 25.1 Å². The van der Waals surface area contributed by atoms with Gasteiger partial charge in [0.25, 0.3) is 11.5 Å². The van der Waals surface area contributed by atoms with Gasteiger partial charge in [-0.1, -0.05) is 12.8 Å². The van der Waals surface area contributed by atoms with Gasteiger partial charge in [0, 0.05) is 42.4 Å². The third-order valence-electron chi connectivity index (χ3n) is 5.44. The number of methoxy groups -OCH3 is 2. The number of nitrogens with zero attached hydrogens (tertiary/aromatic N) is 2. The number of carbonyl (C=O) groups excluding carboxylic acids is 1. The van der Waals surface area contributed by atoms with E-state index in [9.17, 15) is 9.59 Å². The second kappa shape index (κ2) is 8.57. The quantitative estimate of drug-likeness (QED) is 0.712. The summed E-state index contributed by atoms with van der Waals surface area (Å²) in [5.74, 6) is 1.68. The molecule has 7 heteroatoms. The summed E-state index contributed by atoms with van der Waals surface area (Å²) >= 11 is 0. The summed E-state index contributed by atoms with van der Waals surface area (Å²) in [6, 6.07) is 10.2. The van der Waals surface area contributed by atoms with Crippen molar-refractivity contribution in [3.8, 4) is 11.5 Å². The average molecular weight is 407 g/mol. The summed E-state index contributed by atoms with van der Waals surface area (Å²) in [5.41, 5.74) is 1.53. The summed E-state index contributed by atoms with van der Waals surface area (Å²) in [4.78, 5) is 30.5. The molecule has 0 aliphatic carbocycles. The summed E-state index contributed by atoms with van der Waals surface area (Å²) in [6.45, 7) is 0.705. The summed E-state index contributed by atoms with van der Waals surface area (Å²) in [6.07, 6.45) is 5.09. The van der Waals surface area contributed by atoms with E-state index in [0.717, 1.165) is 37.9 Å². The Morgan fingerprint density at radius 2 is 1.73 bits per heavy atom. The fraction of sp³-hybridized carbons (Fsp3) is 0.348. The van der Waals surface area contributed by atoms with Crippen LogP contribution in [0.4, 0.5) is 5.69 Å². The number of hydrogen-bond donors (Lipinski definition) is 1. The summed E-state index contributed by atoms with van der Waals surface area (Å²) < 4.78 is 12.3. The molecule has 1 amide bonds. The topological polar surface area (TPSA) is 82.5 Å². The Balaban J connectivity index is 1.67. The zero-order valence-corrected chi connectivity index (χ0v) is 17.2. The highest BCUT2D eigenvalue weighted by Gasteiger charge is 2.15. The standard InChI is InChI=1S/C23H25N3O4/c1-29-17-12-16(13-18(14-17)30-2)24-22(27)15-8-9-19-20(11-15)25-21-7-5-3-4-6-10-26(21)23(19)28/h8-9,11-14H,3-7,10H2,1-2H3,(H,24,27). The fourth-order valence-corrected chi connectivity index (χ4v) is 3.82. The van der Waals surface area contributed by atoms with Gasteiger partial charge in [0.1, 0.15) is 17.3 Å². The van der Waals surface area contributed by atoms with Gasteiger partial charge in [0.15, 0.2) is 0 Å². The van der Waals surface area contributed by atoms with E-state index < -0.39 is 0 Å². The Hall–Kier alpha value is -3.35. The average Bonchev–Trinajstić information content (AvgIpc) is 2.74. The van der Waals surface area contributed by atoms with Crippen LogP contribution in [0.3, 0.4) is 0 Å². The van der Waals surface area contributed by atoms with Crippen LogP contribution in [0.5, 0.6) is 11.5 Å². The molecule has 7 nitrogen and oxygen atoms in total. The number of aryl methyl sites for hydroxylation is 1. The van der Waals surface area contributed by atoms with Crippen LogP contribution in [-0.2, 0) is 13.0 Å². The molecular formula is C23H25N3O4. The molecule has 3 aromatic rings. The SMILES string of the molecule is COc1cc(NC(=O)c2ccc3c(=O)n4c(nc3c2)CCCCCC4)cc(OC)c1. The Morgan fingerprint density at radius 1 is 1.00 bits per heavy atom. The second-order valence-electron chi connectivity index (χ2n) is 7.44. The van der Waals surface area contributed by atoms with Crippen LogP contribution < -0.4 is 20.3 Å². The lowest BCUT2D eigenvalue weighted by Gasteiger charge is -2.16. The molecule has 4 rings (SSSR count). The van der Waals surface area contributed by atoms with Crippen molar-refractivity contribution in [2.24, 2.45) is 0 Å². The molecule has 0 atom stereocenters. The van der Waals surface area contributed by atoms with Gasteiger partial charge < -0.3 is 14.8 Å². The van der Waals surface area contributed by atoms with E-state index in [1.807, 2.05) is 0 Å². The first-order valence-electron chi connectivity index (χ1n) is 10.2. The van der Waals surface area contributed by atoms with Crippen LogP contribution in [-0.4, -0.2) is 29.7 Å². The maximum Gasteiger partial charge on any atom is 0.261 e. The molecule has 0 saturated heterocycles. The van der Waals surface area contributed by atoms with Gasteiger partial charge in [-0.15, -0.1) is 0 Å². The number of hydrogen-bond acceptors (Lipinski definition) is 5. The Kier molecular flexibility index (Phi) is 5.70. The molecule has 1 aromatic heterocycles. The zero-order valence-electron chi connectivity index (χ0n) is 17.2. The number of fused-ring (bicyclic) bond motifs is 2. The van der Waals surface area contributed by atoms with E-state index in [2.05, 4.69) is 5.32 Å². The van der Waals surface area contributed by atoms with E-state index in [0.29, 0.717) is 40.2 Å². The lowest BCUT2D eigenvalue weighted by atomic mass is 10.1. The first-order chi connectivity index (χ1) is 14.6. The molecule has 0 fully saturated rings. The smallest absolute Gasteiger partial charge is 0.261 e. The molecule has 1 aliphatic heterocycles. The predicted octanol–water partition coefficient (Wildman–Crippen LogP) is 3.78. The Labute approximate surface area is 174 Å². The highest BCUT2D eigenvalue weighted by Crippen LogP contribution is 2.26. The van der Waals surface area contributed by atoms with E-state index in [1.54, 1.807) is 55.2 Å². The molecule has 1 N–H and O–H groups in total. The van der Waals surface area contributed by atoms with Crippen LogP contribution in [0.25, 0.3) is 10.9 Å². The van der Waals surface area contributed by atoms with Gasteiger partial charge in [-0.3, -0.25) is 14.2 Å². The lowest BCUT2D eigenvalue weighted by Crippen LogP contribution is -2.26. The van der Waals surface area contributed by atoms with Crippen LogP contribution in [0.2, 0.25) is 0 Å². The van der Waals surface area contributed by atoms with Crippen molar-refractivity contribution >= 4 is 22.5 Å². The van der Waals surface area contributed by atoms with Crippen molar-refractivity contribution in [3.63, 3.8) is 0 Å². The highest BCUT2D eigenvalue weighted by atomic mass is 16.5. The van der Waals surface area contributed by atoms with E-state index in [4.69, 9.17) is 14.5 Å². The van der Waals surface area contributed by atoms with Crippen molar-refractivity contribution in [2.45, 2.75) is 38.6 Å². The van der Waals surface area contributed by atoms with Crippen molar-refractivity contribution in [1.82, 2.24) is 9.55 Å². The third-order valence-corrected chi connectivity index (χ3v) is 5.44. The van der Waals surface area contributed by atoms with E-state index in [1.165, 1.54) is 0 Å². The highest BCUT2D eigenvalue weighted by molar-refractivity contribution is 6.06. The monoisotopic (exact) mass is 407 g/mol. The molecule has 0 unspecified atom stereocenters. The zero-order chi connectivity index (χ0) is 21.1. The Morgan fingerprint density at radius 3 is 2.47 bits per heavy atom. The van der Waals surface area contributed by atoms with Gasteiger partial charge in [-0.05, 0) is 31.0 Å². The molecule has 30 heavy (non-hydrogen) atoms. The van der Waals surface area contributed by atoms with Gasteiger partial charge in [0.2, 0.25) is 0 Å². The van der Waals surface area contributed by atoms with Crippen LogP contribution in [0.1, 0.15) is 41.9 Å². The molecule has 0 bridgehead atoms. The van der Waals surface area contributed by atoms with Gasteiger partial charge in [-0.25, -0.2) is 4.98 Å². The summed E-state index contributed by atoms with van der Waals surface area (Å²) in [5, 5.41) is 3.40. The fourth-order valence-electron chi connectivity index (χ4n) is 3.82. The van der Waals surface area contributed by atoms with Crippen molar-refractivity contribution in [2.75, 3.05) is 19.5 Å². The predicted molar refractivity (Wildman–Crippen MR) is 116 cm³/mol. The van der Waals surface area contributed by atoms with Crippen molar-refractivity contribution in [1.29, 1.82) is 0 Å². The summed E-state index contributed by atoms with van der Waals surface area (Å²) in [7, 11) is 3.11. The molecule has 2 aromatic carbocycles. The number of carbonyl (C=O) groups is 1. The maximum absolute atomic E-state index is 12.9.